The van der Waals surface area contributed by atoms with Crippen LogP contribution in [0.1, 0.15) is 0 Å². The van der Waals surface area contributed by atoms with Crippen molar-refractivity contribution in [2.45, 2.75) is 0 Å². The van der Waals surface area contributed by atoms with Gasteiger partial charge in [0.25, 0.3) is 0 Å². The largest absolute Gasteiger partial charge is 0.285 e. The summed E-state index contributed by atoms with van der Waals surface area (Å²) in [6.07, 6.45) is 7.38. The van der Waals surface area contributed by atoms with Gasteiger partial charge in [-0.3, -0.25) is 5.10 Å². The maximum atomic E-state index is 4.24. The highest BCUT2D eigenvalue weighted by Crippen LogP contribution is 2.24. The predicted octanol–water partition coefficient (Wildman–Crippen LogP) is 2.26. The molecule has 2 heterocycles. The standard InChI is InChI=1S/C12H10N4/c1-2-5-12(16-7-3-6-15-16)11(4-1)10-8-13-14-9-10/h1-9H,(H,13,14). The number of hydrogen-bond acceptors (Lipinski definition) is 2. The van der Waals surface area contributed by atoms with Gasteiger partial charge in [0.05, 0.1) is 11.9 Å². The first-order valence-electron chi connectivity index (χ1n) is 5.03. The molecule has 2 aromatic heterocycles. The number of nitrogens with zero attached hydrogens (tertiary/aromatic N) is 3. The second-order valence-corrected chi connectivity index (χ2v) is 3.45. The highest BCUT2D eigenvalue weighted by Gasteiger charge is 2.06. The Morgan fingerprint density at radius 1 is 1.12 bits per heavy atom. The zero-order chi connectivity index (χ0) is 10.8. The molecule has 0 aliphatic carbocycles. The molecule has 1 N–H and O–H groups in total. The minimum atomic E-state index is 1.05. The number of rotatable bonds is 2. The average Bonchev–Trinajstić information content (AvgIpc) is 3.03. The summed E-state index contributed by atoms with van der Waals surface area (Å²) in [5.74, 6) is 0. The van der Waals surface area contributed by atoms with Gasteiger partial charge < -0.3 is 0 Å². The van der Waals surface area contributed by atoms with Crippen molar-refractivity contribution in [1.29, 1.82) is 0 Å². The van der Waals surface area contributed by atoms with Crippen molar-refractivity contribution < 1.29 is 0 Å². The Balaban J connectivity index is 2.19. The van der Waals surface area contributed by atoms with E-state index in [9.17, 15) is 0 Å². The second-order valence-electron chi connectivity index (χ2n) is 3.45. The topological polar surface area (TPSA) is 46.5 Å². The number of nitrogens with one attached hydrogen (secondary N) is 1. The molecule has 1 aromatic carbocycles. The molecule has 0 atom stereocenters. The lowest BCUT2D eigenvalue weighted by atomic mass is 10.1. The van der Waals surface area contributed by atoms with E-state index in [-0.39, 0.29) is 0 Å². The highest BCUT2D eigenvalue weighted by molar-refractivity contribution is 5.71. The molecule has 3 rings (SSSR count). The van der Waals surface area contributed by atoms with Crippen LogP contribution in [0.25, 0.3) is 16.8 Å². The van der Waals surface area contributed by atoms with E-state index in [1.165, 1.54) is 0 Å². The Morgan fingerprint density at radius 2 is 2.06 bits per heavy atom. The van der Waals surface area contributed by atoms with Crippen LogP contribution in [-0.2, 0) is 0 Å². The lowest BCUT2D eigenvalue weighted by Gasteiger charge is -2.07. The van der Waals surface area contributed by atoms with Gasteiger partial charge in [-0.2, -0.15) is 10.2 Å². The summed E-state index contributed by atoms with van der Waals surface area (Å²) in [6.45, 7) is 0. The molecule has 0 aliphatic heterocycles. The van der Waals surface area contributed by atoms with Crippen molar-refractivity contribution in [2.24, 2.45) is 0 Å². The summed E-state index contributed by atoms with van der Waals surface area (Å²) in [5, 5.41) is 11.0. The molecule has 0 saturated carbocycles. The summed E-state index contributed by atoms with van der Waals surface area (Å²) in [4.78, 5) is 0. The number of aromatic amines is 1. The van der Waals surface area contributed by atoms with Gasteiger partial charge in [-0.25, -0.2) is 4.68 Å². The average molecular weight is 210 g/mol. The Hall–Kier alpha value is -2.36. The van der Waals surface area contributed by atoms with Crippen molar-refractivity contribution >= 4 is 0 Å². The van der Waals surface area contributed by atoms with Gasteiger partial charge in [0.15, 0.2) is 0 Å². The Labute approximate surface area is 92.6 Å². The normalized spacial score (nSPS) is 10.5. The van der Waals surface area contributed by atoms with E-state index in [4.69, 9.17) is 0 Å². The Kier molecular flexibility index (Phi) is 2.04. The van der Waals surface area contributed by atoms with E-state index >= 15 is 0 Å². The van der Waals surface area contributed by atoms with Crippen LogP contribution in [0.3, 0.4) is 0 Å². The highest BCUT2D eigenvalue weighted by atomic mass is 15.3. The first-order valence-corrected chi connectivity index (χ1v) is 5.03. The van der Waals surface area contributed by atoms with Crippen molar-refractivity contribution in [3.8, 4) is 16.8 Å². The smallest absolute Gasteiger partial charge is 0.0725 e. The van der Waals surface area contributed by atoms with Crippen LogP contribution in [0.2, 0.25) is 0 Å². The molecule has 0 radical (unpaired) electrons. The molecule has 0 unspecified atom stereocenters. The van der Waals surface area contributed by atoms with Crippen LogP contribution in [0.5, 0.6) is 0 Å². The molecule has 0 saturated heterocycles. The Morgan fingerprint density at radius 3 is 2.81 bits per heavy atom. The van der Waals surface area contributed by atoms with Gasteiger partial charge in [-0.1, -0.05) is 18.2 Å². The first kappa shape index (κ1) is 8.91. The molecule has 0 bridgehead atoms. The van der Waals surface area contributed by atoms with Gasteiger partial charge in [0, 0.05) is 29.7 Å². The van der Waals surface area contributed by atoms with Gasteiger partial charge in [0.2, 0.25) is 0 Å². The SMILES string of the molecule is c1ccc(-n2cccn2)c(-c2cn[nH]c2)c1. The summed E-state index contributed by atoms with van der Waals surface area (Å²) >= 11 is 0. The Bertz CT molecular complexity index is 514. The second kappa shape index (κ2) is 3.66. The van der Waals surface area contributed by atoms with E-state index in [0.29, 0.717) is 0 Å². The van der Waals surface area contributed by atoms with Gasteiger partial charge in [-0.05, 0) is 12.1 Å². The zero-order valence-corrected chi connectivity index (χ0v) is 8.54. The van der Waals surface area contributed by atoms with Crippen molar-refractivity contribution in [1.82, 2.24) is 20.0 Å². The lowest BCUT2D eigenvalue weighted by Crippen LogP contribution is -1.96. The molecule has 0 spiro atoms. The molecule has 4 heteroatoms. The fourth-order valence-corrected chi connectivity index (χ4v) is 1.73. The molecule has 78 valence electrons. The number of H-pyrrole nitrogens is 1. The molecule has 0 amide bonds. The zero-order valence-electron chi connectivity index (χ0n) is 8.54. The predicted molar refractivity (Wildman–Crippen MR) is 61.1 cm³/mol. The van der Waals surface area contributed by atoms with E-state index in [2.05, 4.69) is 21.4 Å². The van der Waals surface area contributed by atoms with Crippen LogP contribution in [-0.4, -0.2) is 20.0 Å². The van der Waals surface area contributed by atoms with Crippen molar-refractivity contribution in [3.63, 3.8) is 0 Å². The third kappa shape index (κ3) is 1.40. The van der Waals surface area contributed by atoms with Crippen molar-refractivity contribution in [2.75, 3.05) is 0 Å². The number of para-hydroxylation sites is 1. The number of hydrogen-bond donors (Lipinski definition) is 1. The summed E-state index contributed by atoms with van der Waals surface area (Å²) in [6, 6.07) is 10.0. The summed E-state index contributed by atoms with van der Waals surface area (Å²) in [7, 11) is 0. The van der Waals surface area contributed by atoms with Crippen LogP contribution >= 0.6 is 0 Å². The maximum absolute atomic E-state index is 4.24. The van der Waals surface area contributed by atoms with E-state index < -0.39 is 0 Å². The van der Waals surface area contributed by atoms with E-state index in [1.54, 1.807) is 6.20 Å². The van der Waals surface area contributed by atoms with Crippen LogP contribution < -0.4 is 0 Å². The van der Waals surface area contributed by atoms with Crippen LogP contribution in [0, 0.1) is 0 Å². The van der Waals surface area contributed by atoms with Crippen LogP contribution in [0.4, 0.5) is 0 Å². The summed E-state index contributed by atoms with van der Waals surface area (Å²) in [5.41, 5.74) is 3.22. The van der Waals surface area contributed by atoms with Crippen molar-refractivity contribution in [3.05, 3.63) is 55.1 Å². The van der Waals surface area contributed by atoms with E-state index in [1.807, 2.05) is 47.5 Å². The quantitative estimate of drug-likeness (QED) is 0.705. The molecule has 4 nitrogen and oxygen atoms in total. The first-order chi connectivity index (χ1) is 7.95. The summed E-state index contributed by atoms with van der Waals surface area (Å²) < 4.78 is 1.85. The number of benzene rings is 1. The fourth-order valence-electron chi connectivity index (χ4n) is 1.73. The van der Waals surface area contributed by atoms with E-state index in [0.717, 1.165) is 16.8 Å². The molecule has 16 heavy (non-hydrogen) atoms. The maximum Gasteiger partial charge on any atom is 0.0725 e. The van der Waals surface area contributed by atoms with Gasteiger partial charge in [-0.15, -0.1) is 0 Å². The molecular formula is C12H10N4. The van der Waals surface area contributed by atoms with Crippen LogP contribution in [0.15, 0.2) is 55.1 Å². The van der Waals surface area contributed by atoms with Gasteiger partial charge >= 0.3 is 0 Å². The number of aromatic nitrogens is 4. The molecule has 0 aliphatic rings. The fraction of sp³-hybridized carbons (Fsp3) is 0. The minimum absolute atomic E-state index is 1.05. The molecular weight excluding hydrogens is 200 g/mol. The lowest BCUT2D eigenvalue weighted by molar-refractivity contribution is 0.882. The third-order valence-electron chi connectivity index (χ3n) is 2.46. The molecule has 3 aromatic rings. The van der Waals surface area contributed by atoms with Gasteiger partial charge in [0.1, 0.15) is 0 Å². The minimum Gasteiger partial charge on any atom is -0.285 e. The third-order valence-corrected chi connectivity index (χ3v) is 2.46. The molecule has 0 fully saturated rings. The monoisotopic (exact) mass is 210 g/mol.